The van der Waals surface area contributed by atoms with Gasteiger partial charge >= 0.3 is 0 Å². The molecule has 0 saturated carbocycles. The summed E-state index contributed by atoms with van der Waals surface area (Å²) in [4.78, 5) is 23.3. The summed E-state index contributed by atoms with van der Waals surface area (Å²) in [5.74, 6) is 0.286. The Morgan fingerprint density at radius 2 is 1.88 bits per heavy atom. The fraction of sp³-hybridized carbons (Fsp3) is 0.222. The first-order valence-corrected chi connectivity index (χ1v) is 7.52. The summed E-state index contributed by atoms with van der Waals surface area (Å²) in [6.45, 7) is 1.40. The number of carbonyl (C=O) groups is 2. The van der Waals surface area contributed by atoms with Crippen LogP contribution >= 0.6 is 0 Å². The monoisotopic (exact) mass is 328 g/mol. The number of aryl methyl sites for hydroxylation is 1. The predicted molar refractivity (Wildman–Crippen MR) is 92.4 cm³/mol. The molecule has 0 spiro atoms. The van der Waals surface area contributed by atoms with Crippen molar-refractivity contribution in [3.8, 4) is 11.5 Å². The van der Waals surface area contributed by atoms with Gasteiger partial charge in [-0.3, -0.25) is 9.59 Å². The molecule has 6 heteroatoms. The lowest BCUT2D eigenvalue weighted by Crippen LogP contribution is -2.13. The molecule has 0 bridgehead atoms. The van der Waals surface area contributed by atoms with E-state index in [1.165, 1.54) is 14.0 Å². The average Bonchev–Trinajstić information content (AvgIpc) is 2.54. The van der Waals surface area contributed by atoms with Gasteiger partial charge in [0, 0.05) is 19.0 Å². The maximum Gasteiger partial charge on any atom is 0.224 e. The summed E-state index contributed by atoms with van der Waals surface area (Å²) in [6, 6.07) is 11.9. The van der Waals surface area contributed by atoms with E-state index < -0.39 is 0 Å². The Morgan fingerprint density at radius 3 is 2.54 bits per heavy atom. The number of ether oxygens (including phenoxy) is 1. The van der Waals surface area contributed by atoms with E-state index in [1.54, 1.807) is 36.4 Å². The Morgan fingerprint density at radius 1 is 1.12 bits per heavy atom. The lowest BCUT2D eigenvalue weighted by atomic mass is 10.1. The maximum absolute atomic E-state index is 12.1. The molecule has 0 radical (unpaired) electrons. The van der Waals surface area contributed by atoms with Crippen molar-refractivity contribution < 1.29 is 19.4 Å². The van der Waals surface area contributed by atoms with Gasteiger partial charge in [-0.1, -0.05) is 18.2 Å². The Labute approximate surface area is 140 Å². The minimum absolute atomic E-state index is 0.183. The minimum Gasteiger partial charge on any atom is -0.508 e. The van der Waals surface area contributed by atoms with Crippen molar-refractivity contribution in [1.82, 2.24) is 0 Å². The molecule has 126 valence electrons. The first-order valence-electron chi connectivity index (χ1n) is 7.52. The van der Waals surface area contributed by atoms with Gasteiger partial charge in [0.2, 0.25) is 11.8 Å². The van der Waals surface area contributed by atoms with Crippen molar-refractivity contribution in [3.63, 3.8) is 0 Å². The Balaban J connectivity index is 2.01. The normalized spacial score (nSPS) is 10.1. The van der Waals surface area contributed by atoms with Gasteiger partial charge in [-0.25, -0.2) is 0 Å². The quantitative estimate of drug-likeness (QED) is 0.761. The molecule has 0 atom stereocenters. The molecule has 0 fully saturated rings. The summed E-state index contributed by atoms with van der Waals surface area (Å²) < 4.78 is 5.17. The summed E-state index contributed by atoms with van der Waals surface area (Å²) in [7, 11) is 1.51. The summed E-state index contributed by atoms with van der Waals surface area (Å²) in [5, 5.41) is 15.1. The van der Waals surface area contributed by atoms with E-state index >= 15 is 0 Å². The van der Waals surface area contributed by atoms with Crippen LogP contribution in [0.5, 0.6) is 11.5 Å². The van der Waals surface area contributed by atoms with Crippen LogP contribution in [0.15, 0.2) is 42.5 Å². The zero-order valence-electron chi connectivity index (χ0n) is 13.6. The van der Waals surface area contributed by atoms with Crippen molar-refractivity contribution >= 4 is 23.2 Å². The molecule has 2 aromatic rings. The van der Waals surface area contributed by atoms with Gasteiger partial charge in [0.1, 0.15) is 11.5 Å². The molecule has 0 aliphatic carbocycles. The number of aromatic hydroxyl groups is 1. The number of rotatable bonds is 6. The number of nitrogens with one attached hydrogen (secondary N) is 2. The summed E-state index contributed by atoms with van der Waals surface area (Å²) >= 11 is 0. The van der Waals surface area contributed by atoms with E-state index in [0.717, 1.165) is 5.56 Å². The molecule has 0 saturated heterocycles. The highest BCUT2D eigenvalue weighted by Crippen LogP contribution is 2.28. The van der Waals surface area contributed by atoms with Crippen LogP contribution in [-0.2, 0) is 16.0 Å². The number of amides is 2. The first-order chi connectivity index (χ1) is 11.5. The zero-order valence-corrected chi connectivity index (χ0v) is 13.6. The molecule has 0 aliphatic heterocycles. The summed E-state index contributed by atoms with van der Waals surface area (Å²) in [6.07, 6.45) is 0.673. The minimum atomic E-state index is -0.226. The number of methoxy groups -OCH3 is 1. The van der Waals surface area contributed by atoms with Crippen molar-refractivity contribution in [2.45, 2.75) is 19.8 Å². The van der Waals surface area contributed by atoms with Gasteiger partial charge in [0.05, 0.1) is 12.8 Å². The average molecular weight is 328 g/mol. The van der Waals surface area contributed by atoms with Gasteiger partial charge in [-0.15, -0.1) is 0 Å². The third-order valence-electron chi connectivity index (χ3n) is 3.41. The topological polar surface area (TPSA) is 87.7 Å². The van der Waals surface area contributed by atoms with Crippen LogP contribution in [-0.4, -0.2) is 24.0 Å². The second-order valence-corrected chi connectivity index (χ2v) is 5.27. The van der Waals surface area contributed by atoms with Gasteiger partial charge in [0.25, 0.3) is 0 Å². The van der Waals surface area contributed by atoms with Gasteiger partial charge in [-0.2, -0.15) is 0 Å². The number of benzene rings is 2. The molecule has 24 heavy (non-hydrogen) atoms. The van der Waals surface area contributed by atoms with Crippen LogP contribution in [0.2, 0.25) is 0 Å². The highest BCUT2D eigenvalue weighted by atomic mass is 16.5. The number of para-hydroxylation sites is 1. The van der Waals surface area contributed by atoms with Crippen LogP contribution in [0.25, 0.3) is 0 Å². The lowest BCUT2D eigenvalue weighted by molar-refractivity contribution is -0.116. The van der Waals surface area contributed by atoms with E-state index in [9.17, 15) is 14.7 Å². The third kappa shape index (κ3) is 4.74. The molecule has 0 aromatic heterocycles. The molecular weight excluding hydrogens is 308 g/mol. The van der Waals surface area contributed by atoms with Crippen LogP contribution in [0.3, 0.4) is 0 Å². The van der Waals surface area contributed by atoms with Gasteiger partial charge in [0.15, 0.2) is 0 Å². The highest BCUT2D eigenvalue weighted by molar-refractivity contribution is 5.94. The lowest BCUT2D eigenvalue weighted by Gasteiger charge is -2.12. The zero-order chi connectivity index (χ0) is 17.5. The third-order valence-corrected chi connectivity index (χ3v) is 3.41. The van der Waals surface area contributed by atoms with Gasteiger partial charge < -0.3 is 20.5 Å². The molecule has 2 amide bonds. The smallest absolute Gasteiger partial charge is 0.224 e. The fourth-order valence-corrected chi connectivity index (χ4v) is 2.27. The molecule has 3 N–H and O–H groups in total. The molecule has 2 rings (SSSR count). The number of phenols is 1. The fourth-order valence-electron chi connectivity index (χ4n) is 2.27. The molecule has 0 aliphatic rings. The summed E-state index contributed by atoms with van der Waals surface area (Å²) in [5.41, 5.74) is 1.77. The molecular formula is C18H20N2O4. The van der Waals surface area contributed by atoms with Crippen LogP contribution < -0.4 is 15.4 Å². The van der Waals surface area contributed by atoms with Crippen LogP contribution in [0, 0.1) is 0 Å². The van der Waals surface area contributed by atoms with E-state index in [2.05, 4.69) is 10.6 Å². The predicted octanol–water partition coefficient (Wildman–Crippen LogP) is 2.93. The molecule has 2 aromatic carbocycles. The van der Waals surface area contributed by atoms with E-state index in [4.69, 9.17) is 4.74 Å². The molecule has 0 heterocycles. The van der Waals surface area contributed by atoms with E-state index in [1.807, 2.05) is 6.07 Å². The Bertz CT molecular complexity index is 744. The Hall–Kier alpha value is -3.02. The Kier molecular flexibility index (Phi) is 5.78. The van der Waals surface area contributed by atoms with Crippen molar-refractivity contribution in [2.24, 2.45) is 0 Å². The molecule has 0 unspecified atom stereocenters. The largest absolute Gasteiger partial charge is 0.508 e. The first kappa shape index (κ1) is 17.3. The van der Waals surface area contributed by atoms with Crippen molar-refractivity contribution in [1.29, 1.82) is 0 Å². The van der Waals surface area contributed by atoms with E-state index in [0.29, 0.717) is 23.5 Å². The standard InChI is InChI=1S/C18H20N2O4/c1-12(21)19-15-11-14(8-9-17(15)24-2)20-18(23)10-7-13-5-3-4-6-16(13)22/h3-6,8-9,11,22H,7,10H2,1-2H3,(H,19,21)(H,20,23). The number of hydrogen-bond acceptors (Lipinski definition) is 4. The second kappa shape index (κ2) is 8.01. The number of phenolic OH excluding ortho intramolecular Hbond substituents is 1. The number of anilines is 2. The van der Waals surface area contributed by atoms with Crippen molar-refractivity contribution in [3.05, 3.63) is 48.0 Å². The second-order valence-electron chi connectivity index (χ2n) is 5.27. The van der Waals surface area contributed by atoms with E-state index in [-0.39, 0.29) is 24.0 Å². The molecule has 6 nitrogen and oxygen atoms in total. The number of hydrogen-bond donors (Lipinski definition) is 3. The van der Waals surface area contributed by atoms with Crippen molar-refractivity contribution in [2.75, 3.05) is 17.7 Å². The van der Waals surface area contributed by atoms with Crippen LogP contribution in [0.4, 0.5) is 11.4 Å². The van der Waals surface area contributed by atoms with Gasteiger partial charge in [-0.05, 0) is 36.2 Å². The maximum atomic E-state index is 12.1. The number of carbonyl (C=O) groups excluding carboxylic acids is 2. The SMILES string of the molecule is COc1ccc(NC(=O)CCc2ccccc2O)cc1NC(C)=O. The highest BCUT2D eigenvalue weighted by Gasteiger charge is 2.09. The van der Waals surface area contributed by atoms with Crippen LogP contribution in [0.1, 0.15) is 18.9 Å².